The maximum atomic E-state index is 14.6. The fourth-order valence-electron chi connectivity index (χ4n) is 5.51. The van der Waals surface area contributed by atoms with Crippen LogP contribution in [0.5, 0.6) is 17.2 Å². The van der Waals surface area contributed by atoms with Crippen molar-refractivity contribution in [3.8, 4) is 17.2 Å². The molecule has 0 bridgehead atoms. The summed E-state index contributed by atoms with van der Waals surface area (Å²) in [5, 5.41) is 12.9. The largest absolute Gasteiger partial charge is 0.497 e. The number of benzene rings is 4. The predicted octanol–water partition coefficient (Wildman–Crippen LogP) is 6.36. The fraction of sp³-hybridized carbons (Fsp3) is 0.278. The standard InChI is InChI=1S/C36H37BrN6O6/c1-46-31-18-24(19-32(20-31)47-2)22-39-42-35(45)36(21-27-6-3-4-7-28(27)23-40-43-38)33(25-8-12-29(37)13-9-25)49-34(41-36)26-10-14-30(15-11-26)48-17-5-16-44/h3-4,6-15,18-20,33,39,44H,5,16-17,21-23H2,1-2H3,(H,42,45)/t33-,36-/m0/s1. The molecule has 1 heterocycles. The Kier molecular flexibility index (Phi) is 12.1. The lowest BCUT2D eigenvalue weighted by Crippen LogP contribution is -2.53. The highest BCUT2D eigenvalue weighted by Crippen LogP contribution is 2.43. The van der Waals surface area contributed by atoms with Gasteiger partial charge >= 0.3 is 0 Å². The molecule has 4 aromatic rings. The first-order chi connectivity index (χ1) is 23.9. The van der Waals surface area contributed by atoms with Crippen molar-refractivity contribution < 1.29 is 28.8 Å². The second-order valence-corrected chi connectivity index (χ2v) is 12.1. The van der Waals surface area contributed by atoms with Crippen molar-refractivity contribution in [2.24, 2.45) is 10.1 Å². The fourth-order valence-corrected chi connectivity index (χ4v) is 5.77. The number of nitrogens with one attached hydrogen (secondary N) is 2. The van der Waals surface area contributed by atoms with Crippen LogP contribution in [-0.4, -0.2) is 49.9 Å². The summed E-state index contributed by atoms with van der Waals surface area (Å²) < 4.78 is 24.0. The molecule has 1 aliphatic heterocycles. The maximum Gasteiger partial charge on any atom is 0.266 e. The van der Waals surface area contributed by atoms with E-state index in [0.29, 0.717) is 35.8 Å². The van der Waals surface area contributed by atoms with Crippen molar-refractivity contribution in [3.05, 3.63) is 134 Å². The zero-order chi connectivity index (χ0) is 34.6. The van der Waals surface area contributed by atoms with E-state index in [9.17, 15) is 4.79 Å². The molecular weight excluding hydrogens is 692 g/mol. The van der Waals surface area contributed by atoms with Gasteiger partial charge in [0.25, 0.3) is 5.91 Å². The number of rotatable bonds is 16. The molecule has 3 N–H and O–H groups in total. The van der Waals surface area contributed by atoms with Crippen molar-refractivity contribution >= 4 is 27.7 Å². The van der Waals surface area contributed by atoms with E-state index in [2.05, 4.69) is 36.8 Å². The van der Waals surface area contributed by atoms with Gasteiger partial charge in [0.05, 0.1) is 27.4 Å². The lowest BCUT2D eigenvalue weighted by molar-refractivity contribution is -0.130. The number of amides is 1. The molecule has 0 saturated carbocycles. The highest BCUT2D eigenvalue weighted by atomic mass is 79.9. The first kappa shape index (κ1) is 35.2. The molecule has 0 saturated heterocycles. The quantitative estimate of drug-likeness (QED) is 0.0398. The molecule has 0 radical (unpaired) electrons. The summed E-state index contributed by atoms with van der Waals surface area (Å²) in [6.07, 6.45) is -0.177. The monoisotopic (exact) mass is 728 g/mol. The number of hydrogen-bond donors (Lipinski definition) is 3. The molecule has 254 valence electrons. The van der Waals surface area contributed by atoms with Crippen LogP contribution in [0.15, 0.2) is 106 Å². The third kappa shape index (κ3) is 8.70. The molecule has 0 fully saturated rings. The number of methoxy groups -OCH3 is 2. The molecular formula is C36H37BrN6O6. The normalized spacial score (nSPS) is 16.6. The second-order valence-electron chi connectivity index (χ2n) is 11.2. The summed E-state index contributed by atoms with van der Waals surface area (Å²) in [6.45, 7) is 0.797. The molecule has 13 heteroatoms. The number of halogens is 1. The lowest BCUT2D eigenvalue weighted by Gasteiger charge is -2.31. The summed E-state index contributed by atoms with van der Waals surface area (Å²) in [7, 11) is 3.15. The molecule has 1 aliphatic rings. The lowest BCUT2D eigenvalue weighted by atomic mass is 9.81. The third-order valence-electron chi connectivity index (χ3n) is 7.99. The van der Waals surface area contributed by atoms with Gasteiger partial charge < -0.3 is 24.1 Å². The maximum absolute atomic E-state index is 14.6. The second kappa shape index (κ2) is 16.8. The van der Waals surface area contributed by atoms with Gasteiger partial charge in [0.2, 0.25) is 5.90 Å². The number of azide groups is 1. The van der Waals surface area contributed by atoms with Gasteiger partial charge in [-0.25, -0.2) is 10.4 Å². The van der Waals surface area contributed by atoms with E-state index in [0.717, 1.165) is 26.7 Å². The first-order valence-electron chi connectivity index (χ1n) is 15.6. The number of nitrogens with zero attached hydrogens (tertiary/aromatic N) is 4. The van der Waals surface area contributed by atoms with Crippen LogP contribution in [0.3, 0.4) is 0 Å². The Balaban J connectivity index is 1.55. The molecule has 0 spiro atoms. The van der Waals surface area contributed by atoms with E-state index >= 15 is 0 Å². The van der Waals surface area contributed by atoms with Crippen LogP contribution in [0.25, 0.3) is 10.4 Å². The summed E-state index contributed by atoms with van der Waals surface area (Å²) in [6, 6.07) is 27.8. The summed E-state index contributed by atoms with van der Waals surface area (Å²) in [5.74, 6) is 1.74. The van der Waals surface area contributed by atoms with Crippen LogP contribution >= 0.6 is 15.9 Å². The Labute approximate surface area is 292 Å². The Hall–Kier alpha value is -5.07. The van der Waals surface area contributed by atoms with Gasteiger partial charge in [0.15, 0.2) is 11.6 Å². The van der Waals surface area contributed by atoms with Crippen LogP contribution < -0.4 is 25.1 Å². The predicted molar refractivity (Wildman–Crippen MR) is 188 cm³/mol. The first-order valence-corrected chi connectivity index (χ1v) is 16.4. The topological polar surface area (TPSA) is 159 Å². The Bertz CT molecular complexity index is 1790. The van der Waals surface area contributed by atoms with Crippen LogP contribution in [0.1, 0.15) is 40.3 Å². The van der Waals surface area contributed by atoms with Crippen molar-refractivity contribution in [3.63, 3.8) is 0 Å². The Morgan fingerprint density at radius 1 is 1.00 bits per heavy atom. The van der Waals surface area contributed by atoms with E-state index in [1.165, 1.54) is 0 Å². The average molecular weight is 730 g/mol. The van der Waals surface area contributed by atoms with Crippen LogP contribution in [0.4, 0.5) is 0 Å². The highest BCUT2D eigenvalue weighted by Gasteiger charge is 2.53. The minimum atomic E-state index is -1.50. The smallest absolute Gasteiger partial charge is 0.266 e. The molecule has 4 aromatic carbocycles. The van der Waals surface area contributed by atoms with E-state index in [4.69, 9.17) is 34.6 Å². The van der Waals surface area contributed by atoms with Crippen molar-refractivity contribution in [2.75, 3.05) is 27.4 Å². The zero-order valence-corrected chi connectivity index (χ0v) is 28.7. The summed E-state index contributed by atoms with van der Waals surface area (Å²) in [5.41, 5.74) is 17.3. The summed E-state index contributed by atoms with van der Waals surface area (Å²) in [4.78, 5) is 22.6. The van der Waals surface area contributed by atoms with Gasteiger partial charge in [-0.3, -0.25) is 10.2 Å². The van der Waals surface area contributed by atoms with Gasteiger partial charge in [-0.15, -0.1) is 0 Å². The van der Waals surface area contributed by atoms with E-state index < -0.39 is 17.6 Å². The van der Waals surface area contributed by atoms with E-state index in [1.807, 2.05) is 72.8 Å². The molecule has 0 unspecified atom stereocenters. The molecule has 2 atom stereocenters. The van der Waals surface area contributed by atoms with Gasteiger partial charge in [0.1, 0.15) is 17.2 Å². The third-order valence-corrected chi connectivity index (χ3v) is 8.52. The van der Waals surface area contributed by atoms with Crippen LogP contribution in [-0.2, 0) is 29.0 Å². The van der Waals surface area contributed by atoms with Crippen molar-refractivity contribution in [2.45, 2.75) is 37.6 Å². The van der Waals surface area contributed by atoms with Gasteiger partial charge in [-0.2, -0.15) is 0 Å². The van der Waals surface area contributed by atoms with Gasteiger partial charge in [-0.1, -0.05) is 57.4 Å². The molecule has 12 nitrogen and oxygen atoms in total. The molecule has 5 rings (SSSR count). The number of aliphatic hydroxyl groups is 1. The number of aliphatic hydroxyl groups excluding tert-OH is 1. The zero-order valence-electron chi connectivity index (χ0n) is 27.1. The number of carbonyl (C=O) groups is 1. The van der Waals surface area contributed by atoms with Gasteiger partial charge in [0, 0.05) is 47.0 Å². The SMILES string of the molecule is COc1cc(CNNC(=O)[C@@]2(Cc3ccccc3CN=[N+]=[N-])N=C(c3ccc(OCCCO)cc3)O[C@H]2c2ccc(Br)cc2)cc(OC)c1. The van der Waals surface area contributed by atoms with Crippen LogP contribution in [0.2, 0.25) is 0 Å². The number of ether oxygens (including phenoxy) is 4. The Morgan fingerprint density at radius 3 is 2.35 bits per heavy atom. The van der Waals surface area contributed by atoms with Crippen LogP contribution in [0, 0.1) is 0 Å². The molecule has 1 amide bonds. The van der Waals surface area contributed by atoms with Crippen molar-refractivity contribution in [1.82, 2.24) is 10.9 Å². The average Bonchev–Trinajstić information content (AvgIpc) is 3.52. The Morgan fingerprint density at radius 2 is 1.69 bits per heavy atom. The minimum Gasteiger partial charge on any atom is -0.497 e. The minimum absolute atomic E-state index is 0.0406. The molecule has 49 heavy (non-hydrogen) atoms. The highest BCUT2D eigenvalue weighted by molar-refractivity contribution is 9.10. The van der Waals surface area contributed by atoms with Gasteiger partial charge in [-0.05, 0) is 76.3 Å². The number of hydrogen-bond acceptors (Lipinski definition) is 9. The summed E-state index contributed by atoms with van der Waals surface area (Å²) >= 11 is 3.51. The number of aliphatic imine (C=N–C) groups is 1. The van der Waals surface area contributed by atoms with E-state index in [1.54, 1.807) is 32.4 Å². The number of hydrazine groups is 1. The molecule has 0 aliphatic carbocycles. The van der Waals surface area contributed by atoms with E-state index in [-0.39, 0.29) is 32.0 Å². The molecule has 0 aromatic heterocycles. The van der Waals surface area contributed by atoms with Crippen molar-refractivity contribution in [1.29, 1.82) is 0 Å². The number of carbonyl (C=O) groups excluding carboxylic acids is 1.